The molecule has 0 fully saturated rings. The molecule has 0 saturated carbocycles. The van der Waals surface area contributed by atoms with Crippen molar-refractivity contribution in [1.29, 1.82) is 0 Å². The number of nitrogens with zero attached hydrogens (tertiary/aromatic N) is 4. The van der Waals surface area contributed by atoms with Crippen LogP contribution in [-0.2, 0) is 9.84 Å². The lowest BCUT2D eigenvalue weighted by molar-refractivity contribution is 0.593. The number of para-hydroxylation sites is 1. The van der Waals surface area contributed by atoms with Gasteiger partial charge in [-0.3, -0.25) is 0 Å². The van der Waals surface area contributed by atoms with E-state index in [1.54, 1.807) is 10.9 Å². The minimum absolute atomic E-state index is 0.197. The largest absolute Gasteiger partial charge is 0.248 e. The second-order valence-corrected chi connectivity index (χ2v) is 6.01. The van der Waals surface area contributed by atoms with Gasteiger partial charge in [0, 0.05) is 12.5 Å². The highest BCUT2D eigenvalue weighted by Crippen LogP contribution is 2.16. The summed E-state index contributed by atoms with van der Waals surface area (Å²) in [7, 11) is -3.43. The molecular formula is C12H10N4O2S. The molecule has 0 unspecified atom stereocenters. The molecule has 0 N–H and O–H groups in total. The highest BCUT2D eigenvalue weighted by atomic mass is 32.2. The van der Waals surface area contributed by atoms with Crippen molar-refractivity contribution in [3.63, 3.8) is 0 Å². The van der Waals surface area contributed by atoms with Gasteiger partial charge in [0.15, 0.2) is 5.65 Å². The van der Waals surface area contributed by atoms with Crippen LogP contribution in [0.15, 0.2) is 47.9 Å². The molecule has 3 aromatic rings. The molecule has 0 spiro atoms. The zero-order valence-electron chi connectivity index (χ0n) is 10.1. The van der Waals surface area contributed by atoms with Gasteiger partial charge in [-0.25, -0.2) is 18.1 Å². The maximum absolute atomic E-state index is 11.5. The average Bonchev–Trinajstić information content (AvgIpc) is 2.81. The molecule has 2 heterocycles. The minimum Gasteiger partial charge on any atom is -0.226 e. The summed E-state index contributed by atoms with van der Waals surface area (Å²) >= 11 is 0. The fourth-order valence-electron chi connectivity index (χ4n) is 1.74. The van der Waals surface area contributed by atoms with Crippen molar-refractivity contribution in [2.75, 3.05) is 6.26 Å². The zero-order chi connectivity index (χ0) is 13.5. The summed E-state index contributed by atoms with van der Waals surface area (Å²) in [6.07, 6.45) is 4.15. The number of fused-ring (bicyclic) bond motifs is 1. The third-order valence-corrected chi connectivity index (χ3v) is 3.48. The second-order valence-electron chi connectivity index (χ2n) is 4.10. The SMILES string of the molecule is CS(=O)(=O)c1ncc2cnn(-c3ccccc3)c2n1. The summed E-state index contributed by atoms with van der Waals surface area (Å²) in [5.74, 6) is 0. The predicted octanol–water partition coefficient (Wildman–Crippen LogP) is 1.22. The Morgan fingerprint density at radius 1 is 1.11 bits per heavy atom. The molecule has 0 atom stereocenters. The molecule has 0 aliphatic rings. The third-order valence-electron chi connectivity index (χ3n) is 2.62. The highest BCUT2D eigenvalue weighted by molar-refractivity contribution is 7.90. The number of sulfone groups is 1. The molecule has 0 saturated heterocycles. The molecule has 0 bridgehead atoms. The Labute approximate surface area is 109 Å². The Kier molecular flexibility index (Phi) is 2.56. The number of hydrogen-bond acceptors (Lipinski definition) is 5. The van der Waals surface area contributed by atoms with Crippen LogP contribution < -0.4 is 0 Å². The maximum atomic E-state index is 11.5. The van der Waals surface area contributed by atoms with Crippen LogP contribution in [0.25, 0.3) is 16.7 Å². The van der Waals surface area contributed by atoms with Crippen molar-refractivity contribution < 1.29 is 8.42 Å². The van der Waals surface area contributed by atoms with Crippen LogP contribution in [0.5, 0.6) is 0 Å². The van der Waals surface area contributed by atoms with Gasteiger partial charge in [-0.05, 0) is 12.1 Å². The van der Waals surface area contributed by atoms with E-state index in [-0.39, 0.29) is 5.16 Å². The Hall–Kier alpha value is -2.28. The first-order valence-corrected chi connectivity index (χ1v) is 7.41. The number of benzene rings is 1. The van der Waals surface area contributed by atoms with Crippen molar-refractivity contribution in [3.8, 4) is 5.69 Å². The number of rotatable bonds is 2. The van der Waals surface area contributed by atoms with E-state index < -0.39 is 9.84 Å². The van der Waals surface area contributed by atoms with E-state index in [1.807, 2.05) is 30.3 Å². The monoisotopic (exact) mass is 274 g/mol. The van der Waals surface area contributed by atoms with Crippen LogP contribution in [-0.4, -0.2) is 34.4 Å². The molecule has 0 aliphatic heterocycles. The first-order valence-electron chi connectivity index (χ1n) is 5.52. The summed E-state index contributed by atoms with van der Waals surface area (Å²) in [6.45, 7) is 0. The number of aromatic nitrogens is 4. The van der Waals surface area contributed by atoms with E-state index >= 15 is 0 Å². The van der Waals surface area contributed by atoms with Gasteiger partial charge in [0.05, 0.1) is 17.3 Å². The van der Waals surface area contributed by atoms with E-state index in [4.69, 9.17) is 0 Å². The van der Waals surface area contributed by atoms with Gasteiger partial charge in [-0.2, -0.15) is 10.1 Å². The van der Waals surface area contributed by atoms with Crippen LogP contribution in [0.3, 0.4) is 0 Å². The molecular weight excluding hydrogens is 264 g/mol. The van der Waals surface area contributed by atoms with E-state index in [0.29, 0.717) is 11.0 Å². The van der Waals surface area contributed by atoms with Gasteiger partial charge in [-0.1, -0.05) is 18.2 Å². The van der Waals surface area contributed by atoms with Gasteiger partial charge in [0.1, 0.15) is 0 Å². The second kappa shape index (κ2) is 4.13. The summed E-state index contributed by atoms with van der Waals surface area (Å²) in [5, 5.41) is 4.70. The minimum atomic E-state index is -3.43. The van der Waals surface area contributed by atoms with Crippen molar-refractivity contribution in [1.82, 2.24) is 19.7 Å². The Balaban J connectivity index is 2.28. The molecule has 1 aromatic carbocycles. The fourth-order valence-corrected chi connectivity index (χ4v) is 2.24. The number of hydrogen-bond donors (Lipinski definition) is 0. The first kappa shape index (κ1) is 11.8. The average molecular weight is 274 g/mol. The summed E-state index contributed by atoms with van der Waals surface area (Å²) < 4.78 is 24.6. The zero-order valence-corrected chi connectivity index (χ0v) is 10.9. The lowest BCUT2D eigenvalue weighted by atomic mass is 10.3. The molecule has 19 heavy (non-hydrogen) atoms. The molecule has 0 amide bonds. The molecule has 6 nitrogen and oxygen atoms in total. The highest BCUT2D eigenvalue weighted by Gasteiger charge is 2.14. The lowest BCUT2D eigenvalue weighted by Gasteiger charge is -2.02. The standard InChI is InChI=1S/C12H10N4O2S/c1-19(17,18)12-13-7-9-8-14-16(11(9)15-12)10-5-3-2-4-6-10/h2-8H,1H3. The summed E-state index contributed by atoms with van der Waals surface area (Å²) in [4.78, 5) is 7.92. The maximum Gasteiger partial charge on any atom is 0.248 e. The Bertz CT molecular complexity index is 841. The molecule has 96 valence electrons. The molecule has 2 aromatic heterocycles. The predicted molar refractivity (Wildman–Crippen MR) is 69.8 cm³/mol. The molecule has 0 aliphatic carbocycles. The van der Waals surface area contributed by atoms with Crippen LogP contribution in [0.4, 0.5) is 0 Å². The van der Waals surface area contributed by atoms with Crippen molar-refractivity contribution in [3.05, 3.63) is 42.7 Å². The van der Waals surface area contributed by atoms with Gasteiger partial charge < -0.3 is 0 Å². The normalized spacial score (nSPS) is 11.8. The lowest BCUT2D eigenvalue weighted by Crippen LogP contribution is -2.05. The van der Waals surface area contributed by atoms with E-state index in [0.717, 1.165) is 11.9 Å². The van der Waals surface area contributed by atoms with E-state index in [1.165, 1.54) is 6.20 Å². The summed E-state index contributed by atoms with van der Waals surface area (Å²) in [6, 6.07) is 9.39. The third kappa shape index (κ3) is 2.08. The fraction of sp³-hybridized carbons (Fsp3) is 0.0833. The quantitative estimate of drug-likeness (QED) is 0.656. The van der Waals surface area contributed by atoms with E-state index in [9.17, 15) is 8.42 Å². The van der Waals surface area contributed by atoms with Crippen LogP contribution in [0.1, 0.15) is 0 Å². The van der Waals surface area contributed by atoms with E-state index in [2.05, 4.69) is 15.1 Å². The molecule has 3 rings (SSSR count). The van der Waals surface area contributed by atoms with Crippen LogP contribution in [0, 0.1) is 0 Å². The molecule has 0 radical (unpaired) electrons. The first-order chi connectivity index (χ1) is 9.05. The van der Waals surface area contributed by atoms with Gasteiger partial charge in [0.25, 0.3) is 0 Å². The Morgan fingerprint density at radius 2 is 1.84 bits per heavy atom. The van der Waals surface area contributed by atoms with Crippen molar-refractivity contribution in [2.24, 2.45) is 0 Å². The van der Waals surface area contributed by atoms with Crippen molar-refractivity contribution >= 4 is 20.9 Å². The van der Waals surface area contributed by atoms with Gasteiger partial charge in [0.2, 0.25) is 15.0 Å². The van der Waals surface area contributed by atoms with Crippen molar-refractivity contribution in [2.45, 2.75) is 5.16 Å². The van der Waals surface area contributed by atoms with Gasteiger partial charge in [-0.15, -0.1) is 0 Å². The topological polar surface area (TPSA) is 77.7 Å². The smallest absolute Gasteiger partial charge is 0.226 e. The summed E-state index contributed by atoms with van der Waals surface area (Å²) in [5.41, 5.74) is 1.29. The molecule has 7 heteroatoms. The van der Waals surface area contributed by atoms with Gasteiger partial charge >= 0.3 is 0 Å². The van der Waals surface area contributed by atoms with Crippen LogP contribution in [0.2, 0.25) is 0 Å². The Morgan fingerprint density at radius 3 is 2.53 bits per heavy atom. The van der Waals surface area contributed by atoms with Crippen LogP contribution >= 0.6 is 0 Å².